The monoisotopic (exact) mass is 185 g/mol. The van der Waals surface area contributed by atoms with Crippen LogP contribution in [0.2, 0.25) is 0 Å². The summed E-state index contributed by atoms with van der Waals surface area (Å²) in [5.74, 6) is 0.593. The fraction of sp³-hybridized carbons (Fsp3) is 0.900. The van der Waals surface area contributed by atoms with Crippen LogP contribution in [-0.4, -0.2) is 37.1 Å². The van der Waals surface area contributed by atoms with Gasteiger partial charge < -0.3 is 4.74 Å². The summed E-state index contributed by atoms with van der Waals surface area (Å²) in [4.78, 5) is 13.5. The van der Waals surface area contributed by atoms with Crippen LogP contribution in [0.3, 0.4) is 0 Å². The van der Waals surface area contributed by atoms with Crippen LogP contribution < -0.4 is 0 Å². The van der Waals surface area contributed by atoms with Crippen LogP contribution in [0.4, 0.5) is 0 Å². The summed E-state index contributed by atoms with van der Waals surface area (Å²) >= 11 is 0. The minimum Gasteiger partial charge on any atom is -0.468 e. The van der Waals surface area contributed by atoms with E-state index < -0.39 is 0 Å². The first-order valence-corrected chi connectivity index (χ1v) is 4.97. The Bertz CT molecular complexity index is 182. The first-order chi connectivity index (χ1) is 6.15. The van der Waals surface area contributed by atoms with E-state index >= 15 is 0 Å². The van der Waals surface area contributed by atoms with E-state index in [-0.39, 0.29) is 12.0 Å². The van der Waals surface area contributed by atoms with E-state index in [1.54, 1.807) is 0 Å². The molecule has 0 aromatic carbocycles. The van der Waals surface area contributed by atoms with Gasteiger partial charge in [0.05, 0.1) is 7.11 Å². The van der Waals surface area contributed by atoms with E-state index in [9.17, 15) is 4.79 Å². The van der Waals surface area contributed by atoms with Crippen LogP contribution in [0.15, 0.2) is 0 Å². The molecule has 3 nitrogen and oxygen atoms in total. The van der Waals surface area contributed by atoms with Gasteiger partial charge in [-0.3, -0.25) is 9.69 Å². The van der Waals surface area contributed by atoms with Gasteiger partial charge in [0.25, 0.3) is 0 Å². The van der Waals surface area contributed by atoms with Crippen molar-refractivity contribution in [2.45, 2.75) is 32.7 Å². The SMILES string of the molecule is COC(=O)[C@@H](C)N1CCC[C@@H](C)C1. The molecule has 1 saturated heterocycles. The third kappa shape index (κ3) is 2.69. The van der Waals surface area contributed by atoms with Crippen molar-refractivity contribution in [1.82, 2.24) is 4.90 Å². The number of hydrogen-bond donors (Lipinski definition) is 0. The van der Waals surface area contributed by atoms with E-state index in [0.717, 1.165) is 13.1 Å². The second kappa shape index (κ2) is 4.61. The zero-order valence-electron chi connectivity index (χ0n) is 8.75. The van der Waals surface area contributed by atoms with E-state index in [0.29, 0.717) is 5.92 Å². The molecule has 0 spiro atoms. The largest absolute Gasteiger partial charge is 0.468 e. The molecular formula is C10H19NO2. The molecule has 0 N–H and O–H groups in total. The van der Waals surface area contributed by atoms with Gasteiger partial charge in [-0.05, 0) is 32.2 Å². The summed E-state index contributed by atoms with van der Waals surface area (Å²) in [6.45, 7) is 6.21. The van der Waals surface area contributed by atoms with Crippen molar-refractivity contribution in [2.24, 2.45) is 5.92 Å². The molecule has 13 heavy (non-hydrogen) atoms. The zero-order chi connectivity index (χ0) is 9.84. The highest BCUT2D eigenvalue weighted by molar-refractivity contribution is 5.75. The molecule has 0 aromatic rings. The number of nitrogens with zero attached hydrogens (tertiary/aromatic N) is 1. The number of carbonyl (C=O) groups excluding carboxylic acids is 1. The Hall–Kier alpha value is -0.570. The molecule has 3 heteroatoms. The number of likely N-dealkylation sites (tertiary alicyclic amines) is 1. The van der Waals surface area contributed by atoms with E-state index in [1.807, 2.05) is 6.92 Å². The summed E-state index contributed by atoms with van der Waals surface area (Å²) in [5, 5.41) is 0. The molecule has 0 aromatic heterocycles. The molecule has 0 aliphatic carbocycles. The molecule has 1 rings (SSSR count). The second-order valence-corrected chi connectivity index (χ2v) is 3.94. The predicted molar refractivity (Wildman–Crippen MR) is 51.4 cm³/mol. The molecule has 2 atom stereocenters. The first kappa shape index (κ1) is 10.5. The molecule has 0 unspecified atom stereocenters. The standard InChI is InChI=1S/C10H19NO2/c1-8-5-4-6-11(7-8)9(2)10(12)13-3/h8-9H,4-7H2,1-3H3/t8-,9-/m1/s1. The van der Waals surface area contributed by atoms with Crippen molar-refractivity contribution in [3.8, 4) is 0 Å². The van der Waals surface area contributed by atoms with Crippen molar-refractivity contribution < 1.29 is 9.53 Å². The van der Waals surface area contributed by atoms with Crippen molar-refractivity contribution in [2.75, 3.05) is 20.2 Å². The molecule has 0 radical (unpaired) electrons. The quantitative estimate of drug-likeness (QED) is 0.607. The average molecular weight is 185 g/mol. The van der Waals surface area contributed by atoms with Crippen LogP contribution in [-0.2, 0) is 9.53 Å². The van der Waals surface area contributed by atoms with Crippen LogP contribution in [0.25, 0.3) is 0 Å². The van der Waals surface area contributed by atoms with Gasteiger partial charge in [0.1, 0.15) is 6.04 Å². The fourth-order valence-corrected chi connectivity index (χ4v) is 1.90. The summed E-state index contributed by atoms with van der Waals surface area (Å²) in [7, 11) is 1.45. The summed E-state index contributed by atoms with van der Waals surface area (Å²) < 4.78 is 4.72. The maximum atomic E-state index is 11.3. The van der Waals surface area contributed by atoms with Gasteiger partial charge in [-0.1, -0.05) is 6.92 Å². The Morgan fingerprint density at radius 1 is 1.62 bits per heavy atom. The van der Waals surface area contributed by atoms with Crippen LogP contribution in [0.1, 0.15) is 26.7 Å². The number of carbonyl (C=O) groups is 1. The first-order valence-electron chi connectivity index (χ1n) is 4.97. The van der Waals surface area contributed by atoms with Gasteiger partial charge in [0.15, 0.2) is 0 Å². The van der Waals surface area contributed by atoms with Gasteiger partial charge in [0.2, 0.25) is 0 Å². The number of ether oxygens (including phenoxy) is 1. The maximum absolute atomic E-state index is 11.3. The highest BCUT2D eigenvalue weighted by Gasteiger charge is 2.25. The Balaban J connectivity index is 2.45. The lowest BCUT2D eigenvalue weighted by molar-refractivity contribution is -0.147. The van der Waals surface area contributed by atoms with Crippen LogP contribution in [0, 0.1) is 5.92 Å². The smallest absolute Gasteiger partial charge is 0.322 e. The topological polar surface area (TPSA) is 29.5 Å². The molecular weight excluding hydrogens is 166 g/mol. The maximum Gasteiger partial charge on any atom is 0.322 e. The van der Waals surface area contributed by atoms with Gasteiger partial charge in [-0.15, -0.1) is 0 Å². The fourth-order valence-electron chi connectivity index (χ4n) is 1.90. The minimum atomic E-state index is -0.117. The third-order valence-electron chi connectivity index (χ3n) is 2.78. The highest BCUT2D eigenvalue weighted by Crippen LogP contribution is 2.17. The normalized spacial score (nSPS) is 26.8. The number of methoxy groups -OCH3 is 1. The van der Waals surface area contributed by atoms with Crippen molar-refractivity contribution in [3.05, 3.63) is 0 Å². The number of hydrogen-bond acceptors (Lipinski definition) is 3. The highest BCUT2D eigenvalue weighted by atomic mass is 16.5. The summed E-state index contributed by atoms with van der Waals surface area (Å²) in [6, 6.07) is -0.0762. The Labute approximate surface area is 80.1 Å². The van der Waals surface area contributed by atoms with E-state index in [2.05, 4.69) is 11.8 Å². The number of rotatable bonds is 2. The van der Waals surface area contributed by atoms with Gasteiger partial charge in [-0.2, -0.15) is 0 Å². The van der Waals surface area contributed by atoms with Crippen molar-refractivity contribution >= 4 is 5.97 Å². The predicted octanol–water partition coefficient (Wildman–Crippen LogP) is 1.28. The van der Waals surface area contributed by atoms with Crippen LogP contribution >= 0.6 is 0 Å². The molecule has 1 aliphatic heterocycles. The Kier molecular flexibility index (Phi) is 3.72. The molecule has 1 aliphatic rings. The van der Waals surface area contributed by atoms with Crippen LogP contribution in [0.5, 0.6) is 0 Å². The molecule has 1 heterocycles. The second-order valence-electron chi connectivity index (χ2n) is 3.94. The summed E-state index contributed by atoms with van der Waals surface area (Å²) in [5.41, 5.74) is 0. The molecule has 76 valence electrons. The van der Waals surface area contributed by atoms with Crippen molar-refractivity contribution in [3.63, 3.8) is 0 Å². The number of piperidine rings is 1. The third-order valence-corrected chi connectivity index (χ3v) is 2.78. The molecule has 0 amide bonds. The van der Waals surface area contributed by atoms with Gasteiger partial charge >= 0.3 is 5.97 Å². The van der Waals surface area contributed by atoms with Gasteiger partial charge in [0, 0.05) is 6.54 Å². The average Bonchev–Trinajstić information content (AvgIpc) is 2.15. The zero-order valence-corrected chi connectivity index (χ0v) is 8.75. The lowest BCUT2D eigenvalue weighted by Gasteiger charge is -2.33. The van der Waals surface area contributed by atoms with E-state index in [1.165, 1.54) is 20.0 Å². The molecule has 1 fully saturated rings. The lowest BCUT2D eigenvalue weighted by atomic mass is 9.99. The van der Waals surface area contributed by atoms with E-state index in [4.69, 9.17) is 4.74 Å². The molecule has 0 bridgehead atoms. The Morgan fingerprint density at radius 2 is 2.31 bits per heavy atom. The summed E-state index contributed by atoms with van der Waals surface area (Å²) in [6.07, 6.45) is 2.48. The van der Waals surface area contributed by atoms with Crippen molar-refractivity contribution in [1.29, 1.82) is 0 Å². The minimum absolute atomic E-state index is 0.0762. The molecule has 0 saturated carbocycles. The Morgan fingerprint density at radius 3 is 2.85 bits per heavy atom. The number of esters is 1. The lowest BCUT2D eigenvalue weighted by Crippen LogP contribution is -2.45. The van der Waals surface area contributed by atoms with Gasteiger partial charge in [-0.25, -0.2) is 0 Å².